The third-order valence-corrected chi connectivity index (χ3v) is 3.36. The molecule has 1 aromatic carbocycles. The molecule has 0 unspecified atom stereocenters. The lowest BCUT2D eigenvalue weighted by Gasteiger charge is -2.17. The Bertz CT molecular complexity index is 478. The fourth-order valence-electron chi connectivity index (χ4n) is 2.21. The molecule has 1 fully saturated rings. The Morgan fingerprint density at radius 1 is 1.50 bits per heavy atom. The first-order chi connectivity index (χ1) is 8.67. The molecule has 0 heterocycles. The van der Waals surface area contributed by atoms with Crippen LogP contribution in [0.1, 0.15) is 24.8 Å². The molecule has 0 radical (unpaired) electrons. The molecule has 1 aliphatic rings. The molecular formula is C14H15FN2O. The van der Waals surface area contributed by atoms with Crippen molar-refractivity contribution in [3.05, 3.63) is 35.6 Å². The van der Waals surface area contributed by atoms with E-state index < -0.39 is 0 Å². The molecule has 1 saturated carbocycles. The van der Waals surface area contributed by atoms with Crippen LogP contribution in [-0.4, -0.2) is 23.9 Å². The number of hydrogen-bond acceptors (Lipinski definition) is 2. The van der Waals surface area contributed by atoms with E-state index in [0.717, 1.165) is 12.0 Å². The zero-order valence-electron chi connectivity index (χ0n) is 10.3. The van der Waals surface area contributed by atoms with E-state index >= 15 is 0 Å². The second-order valence-electron chi connectivity index (χ2n) is 4.51. The largest absolute Gasteiger partial charge is 0.329 e. The standard InChI is InChI=1S/C14H15FN2O/c1-2-17(8-7-16)14(18)13-9-12(13)10-3-5-11(15)6-4-10/h3-6,12-13H,2,8-9H2,1H3/t12-,13+/m1/s1. The van der Waals surface area contributed by atoms with E-state index in [-0.39, 0.29) is 30.1 Å². The molecule has 0 saturated heterocycles. The van der Waals surface area contributed by atoms with Crippen LogP contribution in [0.4, 0.5) is 4.39 Å². The number of nitriles is 1. The second kappa shape index (κ2) is 5.18. The Morgan fingerprint density at radius 2 is 2.17 bits per heavy atom. The molecule has 0 N–H and O–H groups in total. The van der Waals surface area contributed by atoms with Crippen LogP contribution in [-0.2, 0) is 4.79 Å². The van der Waals surface area contributed by atoms with E-state index in [9.17, 15) is 9.18 Å². The molecule has 0 aromatic heterocycles. The summed E-state index contributed by atoms with van der Waals surface area (Å²) < 4.78 is 12.8. The predicted molar refractivity (Wildman–Crippen MR) is 65.1 cm³/mol. The summed E-state index contributed by atoms with van der Waals surface area (Å²) in [6.07, 6.45) is 0.798. The quantitative estimate of drug-likeness (QED) is 0.765. The highest BCUT2D eigenvalue weighted by atomic mass is 19.1. The van der Waals surface area contributed by atoms with Crippen molar-refractivity contribution in [2.24, 2.45) is 5.92 Å². The van der Waals surface area contributed by atoms with Gasteiger partial charge in [-0.1, -0.05) is 12.1 Å². The first-order valence-electron chi connectivity index (χ1n) is 6.08. The van der Waals surface area contributed by atoms with Crippen molar-refractivity contribution >= 4 is 5.91 Å². The van der Waals surface area contributed by atoms with Gasteiger partial charge in [0, 0.05) is 12.5 Å². The van der Waals surface area contributed by atoms with Crippen LogP contribution in [0.2, 0.25) is 0 Å². The van der Waals surface area contributed by atoms with E-state index in [1.54, 1.807) is 17.0 Å². The van der Waals surface area contributed by atoms with Crippen LogP contribution in [0.15, 0.2) is 24.3 Å². The highest BCUT2D eigenvalue weighted by molar-refractivity contribution is 5.83. The van der Waals surface area contributed by atoms with Crippen LogP contribution in [0.25, 0.3) is 0 Å². The fourth-order valence-corrected chi connectivity index (χ4v) is 2.21. The van der Waals surface area contributed by atoms with Crippen LogP contribution in [0.3, 0.4) is 0 Å². The van der Waals surface area contributed by atoms with Crippen molar-refractivity contribution in [2.75, 3.05) is 13.1 Å². The minimum atomic E-state index is -0.262. The molecule has 3 nitrogen and oxygen atoms in total. The topological polar surface area (TPSA) is 44.1 Å². The van der Waals surface area contributed by atoms with Crippen molar-refractivity contribution in [3.8, 4) is 6.07 Å². The first-order valence-corrected chi connectivity index (χ1v) is 6.08. The van der Waals surface area contributed by atoms with E-state index in [4.69, 9.17) is 5.26 Å². The minimum absolute atomic E-state index is 0.0355. The highest BCUT2D eigenvalue weighted by Crippen LogP contribution is 2.48. The average molecular weight is 246 g/mol. The van der Waals surface area contributed by atoms with Gasteiger partial charge in [-0.05, 0) is 37.0 Å². The lowest BCUT2D eigenvalue weighted by atomic mass is 10.1. The number of carbonyl (C=O) groups is 1. The zero-order chi connectivity index (χ0) is 13.1. The lowest BCUT2D eigenvalue weighted by Crippen LogP contribution is -2.32. The molecule has 4 heteroatoms. The van der Waals surface area contributed by atoms with Crippen molar-refractivity contribution in [2.45, 2.75) is 19.3 Å². The number of nitrogens with zero attached hydrogens (tertiary/aromatic N) is 2. The molecular weight excluding hydrogens is 231 g/mol. The van der Waals surface area contributed by atoms with Crippen LogP contribution in [0.5, 0.6) is 0 Å². The summed E-state index contributed by atoms with van der Waals surface area (Å²) in [5, 5.41) is 8.65. The summed E-state index contributed by atoms with van der Waals surface area (Å²) in [5.74, 6) is -0.0788. The van der Waals surface area contributed by atoms with Gasteiger partial charge < -0.3 is 4.90 Å². The molecule has 1 amide bonds. The maximum atomic E-state index is 12.8. The maximum Gasteiger partial charge on any atom is 0.227 e. The summed E-state index contributed by atoms with van der Waals surface area (Å²) in [5.41, 5.74) is 1.00. The van der Waals surface area contributed by atoms with Gasteiger partial charge in [0.05, 0.1) is 6.07 Å². The van der Waals surface area contributed by atoms with Crippen LogP contribution < -0.4 is 0 Å². The van der Waals surface area contributed by atoms with Gasteiger partial charge in [0.1, 0.15) is 12.4 Å². The predicted octanol–water partition coefficient (Wildman–Crippen LogP) is 2.30. The van der Waals surface area contributed by atoms with Crippen LogP contribution >= 0.6 is 0 Å². The van der Waals surface area contributed by atoms with Gasteiger partial charge in [-0.15, -0.1) is 0 Å². The summed E-state index contributed by atoms with van der Waals surface area (Å²) in [6, 6.07) is 8.30. The summed E-state index contributed by atoms with van der Waals surface area (Å²) in [7, 11) is 0. The minimum Gasteiger partial charge on any atom is -0.329 e. The average Bonchev–Trinajstić information content (AvgIpc) is 3.16. The molecule has 2 atom stereocenters. The van der Waals surface area contributed by atoms with Gasteiger partial charge >= 0.3 is 0 Å². The zero-order valence-corrected chi connectivity index (χ0v) is 10.3. The second-order valence-corrected chi connectivity index (χ2v) is 4.51. The fraction of sp³-hybridized carbons (Fsp3) is 0.429. The van der Waals surface area contributed by atoms with Crippen molar-refractivity contribution in [1.29, 1.82) is 5.26 Å². The van der Waals surface area contributed by atoms with Gasteiger partial charge in [-0.3, -0.25) is 4.79 Å². The number of amides is 1. The Morgan fingerprint density at radius 3 is 2.72 bits per heavy atom. The van der Waals surface area contributed by atoms with Crippen molar-refractivity contribution in [1.82, 2.24) is 4.90 Å². The summed E-state index contributed by atoms with van der Waals surface area (Å²) in [4.78, 5) is 13.6. The number of benzene rings is 1. The van der Waals surface area contributed by atoms with Crippen molar-refractivity contribution in [3.63, 3.8) is 0 Å². The molecule has 94 valence electrons. The molecule has 0 bridgehead atoms. The number of halogens is 1. The van der Waals surface area contributed by atoms with Gasteiger partial charge in [0.2, 0.25) is 5.91 Å². The summed E-state index contributed by atoms with van der Waals surface area (Å²) >= 11 is 0. The molecule has 1 aromatic rings. The lowest BCUT2D eigenvalue weighted by molar-refractivity contribution is -0.131. The number of hydrogen-bond donors (Lipinski definition) is 0. The molecule has 1 aliphatic carbocycles. The van der Waals surface area contributed by atoms with Gasteiger partial charge in [0.25, 0.3) is 0 Å². The molecule has 0 aliphatic heterocycles. The Kier molecular flexibility index (Phi) is 3.61. The van der Waals surface area contributed by atoms with E-state index in [1.165, 1.54) is 12.1 Å². The SMILES string of the molecule is CCN(CC#N)C(=O)[C@H]1C[C@@H]1c1ccc(F)cc1. The van der Waals surface area contributed by atoms with E-state index in [1.807, 2.05) is 13.0 Å². The van der Waals surface area contributed by atoms with Gasteiger partial charge in [-0.2, -0.15) is 5.26 Å². The van der Waals surface area contributed by atoms with Gasteiger partial charge in [-0.25, -0.2) is 4.39 Å². The molecule has 2 rings (SSSR count). The Hall–Kier alpha value is -1.89. The maximum absolute atomic E-state index is 12.8. The monoisotopic (exact) mass is 246 g/mol. The molecule has 18 heavy (non-hydrogen) atoms. The van der Waals surface area contributed by atoms with E-state index in [2.05, 4.69) is 0 Å². The smallest absolute Gasteiger partial charge is 0.227 e. The first kappa shape index (κ1) is 12.6. The normalized spacial score (nSPS) is 21.2. The molecule has 0 spiro atoms. The number of rotatable bonds is 4. The highest BCUT2D eigenvalue weighted by Gasteiger charge is 2.45. The third-order valence-electron chi connectivity index (χ3n) is 3.36. The third kappa shape index (κ3) is 2.51. The van der Waals surface area contributed by atoms with Gasteiger partial charge in [0.15, 0.2) is 0 Å². The number of carbonyl (C=O) groups excluding carboxylic acids is 1. The summed E-state index contributed by atoms with van der Waals surface area (Å²) in [6.45, 7) is 2.56. The van der Waals surface area contributed by atoms with Crippen LogP contribution in [0, 0.1) is 23.1 Å². The van der Waals surface area contributed by atoms with Crippen molar-refractivity contribution < 1.29 is 9.18 Å². The Balaban J connectivity index is 2.00. The van der Waals surface area contributed by atoms with E-state index in [0.29, 0.717) is 6.54 Å². The Labute approximate surface area is 106 Å².